The van der Waals surface area contributed by atoms with E-state index in [1.165, 1.54) is 21.4 Å². The van der Waals surface area contributed by atoms with E-state index in [0.717, 1.165) is 73.2 Å². The standard InChI is InChI=1S/C27H28N6OS/c1-3-20(4-2-19(1)17-28-9-10-33-11-13-34-14-12-33)25-16-24-26(35-25)27(31-18-30-24)32-22-5-6-23-21(15-22)7-8-29-23/h1-8,15-16,18,28-29H,9-14,17H2,(H,30,31,32). The monoisotopic (exact) mass is 484 g/mol. The predicted molar refractivity (Wildman–Crippen MR) is 143 cm³/mol. The first kappa shape index (κ1) is 22.2. The predicted octanol–water partition coefficient (Wildman–Crippen LogP) is 5.01. The lowest BCUT2D eigenvalue weighted by molar-refractivity contribution is 0.0384. The highest BCUT2D eigenvalue weighted by atomic mass is 32.1. The van der Waals surface area contributed by atoms with Crippen LogP contribution < -0.4 is 10.6 Å². The number of hydrogen-bond acceptors (Lipinski definition) is 7. The average molecular weight is 485 g/mol. The van der Waals surface area contributed by atoms with Gasteiger partial charge in [-0.2, -0.15) is 0 Å². The number of benzene rings is 2. The molecule has 3 aromatic heterocycles. The molecule has 0 aliphatic carbocycles. The molecule has 0 radical (unpaired) electrons. The zero-order valence-electron chi connectivity index (χ0n) is 19.5. The Balaban J connectivity index is 1.12. The van der Waals surface area contributed by atoms with Crippen LogP contribution in [0.2, 0.25) is 0 Å². The van der Waals surface area contributed by atoms with Gasteiger partial charge < -0.3 is 20.4 Å². The number of fused-ring (bicyclic) bond motifs is 2. The molecule has 7 nitrogen and oxygen atoms in total. The Labute approximate surface area is 208 Å². The molecular formula is C27H28N6OS. The number of nitrogens with one attached hydrogen (secondary N) is 3. The fraction of sp³-hybridized carbons (Fsp3) is 0.259. The van der Waals surface area contributed by atoms with Crippen molar-refractivity contribution in [1.82, 2.24) is 25.2 Å². The SMILES string of the molecule is c1nc(Nc2ccc3[nH]ccc3c2)c2sc(-c3ccc(CNCCN4CCOCC4)cc3)cc2n1. The van der Waals surface area contributed by atoms with Gasteiger partial charge in [0.1, 0.15) is 6.33 Å². The molecule has 2 aromatic carbocycles. The summed E-state index contributed by atoms with van der Waals surface area (Å²) in [5, 5.41) is 8.21. The summed E-state index contributed by atoms with van der Waals surface area (Å²) in [5.74, 6) is 0.835. The number of hydrogen-bond donors (Lipinski definition) is 3. The normalized spacial score (nSPS) is 14.6. The number of anilines is 2. The van der Waals surface area contributed by atoms with Crippen LogP contribution in [-0.2, 0) is 11.3 Å². The number of rotatable bonds is 8. The summed E-state index contributed by atoms with van der Waals surface area (Å²) in [6.07, 6.45) is 3.58. The molecule has 0 bridgehead atoms. The number of aromatic amines is 1. The Morgan fingerprint density at radius 2 is 1.89 bits per heavy atom. The number of thiophene rings is 1. The van der Waals surface area contributed by atoms with E-state index >= 15 is 0 Å². The van der Waals surface area contributed by atoms with Crippen LogP contribution in [0.15, 0.2) is 67.1 Å². The quantitative estimate of drug-likeness (QED) is 0.269. The highest BCUT2D eigenvalue weighted by Crippen LogP contribution is 2.36. The number of ether oxygens (including phenoxy) is 1. The summed E-state index contributed by atoms with van der Waals surface area (Å²) < 4.78 is 6.47. The summed E-state index contributed by atoms with van der Waals surface area (Å²) in [5.41, 5.74) is 5.58. The van der Waals surface area contributed by atoms with Gasteiger partial charge in [0.05, 0.1) is 23.4 Å². The second kappa shape index (κ2) is 10.1. The van der Waals surface area contributed by atoms with Crippen molar-refractivity contribution in [2.24, 2.45) is 0 Å². The summed E-state index contributed by atoms with van der Waals surface area (Å²) in [4.78, 5) is 15.9. The van der Waals surface area contributed by atoms with Crippen molar-refractivity contribution < 1.29 is 4.74 Å². The largest absolute Gasteiger partial charge is 0.379 e. The maximum Gasteiger partial charge on any atom is 0.151 e. The topological polar surface area (TPSA) is 78.1 Å². The number of morpholine rings is 1. The van der Waals surface area contributed by atoms with Gasteiger partial charge in [-0.1, -0.05) is 24.3 Å². The molecule has 6 rings (SSSR count). The molecule has 0 spiro atoms. The van der Waals surface area contributed by atoms with Gasteiger partial charge in [-0.15, -0.1) is 11.3 Å². The number of nitrogens with zero attached hydrogens (tertiary/aromatic N) is 3. The van der Waals surface area contributed by atoms with E-state index in [-0.39, 0.29) is 0 Å². The molecule has 3 N–H and O–H groups in total. The van der Waals surface area contributed by atoms with Crippen LogP contribution in [0, 0.1) is 0 Å². The van der Waals surface area contributed by atoms with Crippen LogP contribution in [0.5, 0.6) is 0 Å². The summed E-state index contributed by atoms with van der Waals surface area (Å²) >= 11 is 1.72. The van der Waals surface area contributed by atoms with Gasteiger partial charge in [0.15, 0.2) is 5.82 Å². The van der Waals surface area contributed by atoms with Crippen LogP contribution in [0.25, 0.3) is 31.6 Å². The van der Waals surface area contributed by atoms with Crippen molar-refractivity contribution in [3.63, 3.8) is 0 Å². The molecule has 0 saturated carbocycles. The third-order valence-corrected chi connectivity index (χ3v) is 7.58. The van der Waals surface area contributed by atoms with Gasteiger partial charge >= 0.3 is 0 Å². The maximum atomic E-state index is 5.41. The molecule has 0 amide bonds. The summed E-state index contributed by atoms with van der Waals surface area (Å²) in [7, 11) is 0. The van der Waals surface area contributed by atoms with E-state index in [0.29, 0.717) is 0 Å². The lowest BCUT2D eigenvalue weighted by atomic mass is 10.1. The van der Waals surface area contributed by atoms with Crippen LogP contribution >= 0.6 is 11.3 Å². The Hall–Kier alpha value is -3.30. The van der Waals surface area contributed by atoms with Crippen molar-refractivity contribution in [2.75, 3.05) is 44.7 Å². The smallest absolute Gasteiger partial charge is 0.151 e. The highest BCUT2D eigenvalue weighted by Gasteiger charge is 2.12. The molecule has 8 heteroatoms. The fourth-order valence-electron chi connectivity index (χ4n) is 4.43. The Bertz CT molecular complexity index is 1420. The van der Waals surface area contributed by atoms with Crippen LogP contribution in [0.4, 0.5) is 11.5 Å². The lowest BCUT2D eigenvalue weighted by Crippen LogP contribution is -2.40. The summed E-state index contributed by atoms with van der Waals surface area (Å²) in [6.45, 7) is 6.72. The first-order valence-electron chi connectivity index (χ1n) is 12.0. The van der Waals surface area contributed by atoms with Gasteiger partial charge in [0, 0.05) is 60.4 Å². The van der Waals surface area contributed by atoms with Crippen molar-refractivity contribution >= 4 is 44.0 Å². The van der Waals surface area contributed by atoms with E-state index < -0.39 is 0 Å². The third-order valence-electron chi connectivity index (χ3n) is 6.40. The molecule has 35 heavy (non-hydrogen) atoms. The minimum Gasteiger partial charge on any atom is -0.379 e. The van der Waals surface area contributed by atoms with Crippen LogP contribution in [0.3, 0.4) is 0 Å². The van der Waals surface area contributed by atoms with Crippen molar-refractivity contribution in [1.29, 1.82) is 0 Å². The third kappa shape index (κ3) is 5.06. The van der Waals surface area contributed by atoms with Gasteiger partial charge in [-0.05, 0) is 41.5 Å². The van der Waals surface area contributed by atoms with E-state index in [4.69, 9.17) is 4.74 Å². The molecule has 178 valence electrons. The van der Waals surface area contributed by atoms with Gasteiger partial charge in [0.25, 0.3) is 0 Å². The van der Waals surface area contributed by atoms with Crippen molar-refractivity contribution in [3.05, 3.63) is 72.7 Å². The number of H-pyrrole nitrogens is 1. The Kier molecular flexibility index (Phi) is 6.42. The first-order chi connectivity index (χ1) is 17.3. The van der Waals surface area contributed by atoms with Crippen molar-refractivity contribution in [2.45, 2.75) is 6.54 Å². The second-order valence-corrected chi connectivity index (χ2v) is 9.83. The van der Waals surface area contributed by atoms with Gasteiger partial charge in [-0.25, -0.2) is 9.97 Å². The Morgan fingerprint density at radius 1 is 1.00 bits per heavy atom. The van der Waals surface area contributed by atoms with Gasteiger partial charge in [-0.3, -0.25) is 4.90 Å². The second-order valence-electron chi connectivity index (χ2n) is 8.78. The molecule has 1 fully saturated rings. The molecule has 0 unspecified atom stereocenters. The fourth-order valence-corrected chi connectivity index (χ4v) is 5.50. The average Bonchev–Trinajstić information content (AvgIpc) is 3.55. The van der Waals surface area contributed by atoms with Crippen LogP contribution in [0.1, 0.15) is 5.56 Å². The molecule has 1 aliphatic rings. The number of aromatic nitrogens is 3. The zero-order valence-corrected chi connectivity index (χ0v) is 20.3. The minimum atomic E-state index is 0.835. The lowest BCUT2D eigenvalue weighted by Gasteiger charge is -2.26. The molecule has 5 aromatic rings. The van der Waals surface area contributed by atoms with Gasteiger partial charge in [0.2, 0.25) is 0 Å². The van der Waals surface area contributed by atoms with Crippen LogP contribution in [-0.4, -0.2) is 59.2 Å². The maximum absolute atomic E-state index is 5.41. The Morgan fingerprint density at radius 3 is 2.77 bits per heavy atom. The highest BCUT2D eigenvalue weighted by molar-refractivity contribution is 7.22. The van der Waals surface area contributed by atoms with E-state index in [1.54, 1.807) is 17.7 Å². The first-order valence-corrected chi connectivity index (χ1v) is 12.8. The molecule has 1 saturated heterocycles. The van der Waals surface area contributed by atoms with E-state index in [9.17, 15) is 0 Å². The molecule has 1 aliphatic heterocycles. The molecule has 0 atom stereocenters. The zero-order chi connectivity index (χ0) is 23.5. The molecule has 4 heterocycles. The minimum absolute atomic E-state index is 0.835. The van der Waals surface area contributed by atoms with Crippen molar-refractivity contribution in [3.8, 4) is 10.4 Å². The molecular weight excluding hydrogens is 456 g/mol. The summed E-state index contributed by atoms with van der Waals surface area (Å²) in [6, 6.07) is 19.3. The van der Waals surface area contributed by atoms with E-state index in [2.05, 4.69) is 85.1 Å². The van der Waals surface area contributed by atoms with E-state index in [1.807, 2.05) is 6.20 Å².